The van der Waals surface area contributed by atoms with Gasteiger partial charge in [0.05, 0.1) is 51.6 Å². The molecule has 3 aromatic carbocycles. The Morgan fingerprint density at radius 3 is 2.02 bits per heavy atom. The maximum Gasteiger partial charge on any atom is 0.158 e. The summed E-state index contributed by atoms with van der Waals surface area (Å²) in [5, 5.41) is 21.3. The second-order valence-electron chi connectivity index (χ2n) is 14.0. The van der Waals surface area contributed by atoms with Crippen LogP contribution in [0.4, 0.5) is 0 Å². The highest BCUT2D eigenvalue weighted by Crippen LogP contribution is 2.71. The number of nitrogens with zero attached hydrogens (tertiary/aromatic N) is 1. The van der Waals surface area contributed by atoms with Gasteiger partial charge in [-0.2, -0.15) is 5.26 Å². The first kappa shape index (κ1) is 32.5. The van der Waals surface area contributed by atoms with Crippen LogP contribution in [0.5, 0.6) is 11.5 Å². The molecule has 7 nitrogen and oxygen atoms in total. The van der Waals surface area contributed by atoms with Crippen molar-refractivity contribution < 1.29 is 28.8 Å². The molecule has 1 aliphatic heterocycles. The van der Waals surface area contributed by atoms with E-state index in [9.17, 15) is 10.4 Å². The Morgan fingerprint density at radius 1 is 0.891 bits per heavy atom. The molecule has 2 bridgehead atoms. The highest BCUT2D eigenvalue weighted by molar-refractivity contribution is 5.49. The summed E-state index contributed by atoms with van der Waals surface area (Å²) in [7, 11) is 3.28. The number of hydrogen-bond donors (Lipinski definition) is 1. The van der Waals surface area contributed by atoms with Gasteiger partial charge < -0.3 is 28.8 Å². The van der Waals surface area contributed by atoms with Gasteiger partial charge in [-0.25, -0.2) is 0 Å². The van der Waals surface area contributed by atoms with Gasteiger partial charge >= 0.3 is 0 Å². The Balaban J connectivity index is 1.17. The van der Waals surface area contributed by atoms with Crippen molar-refractivity contribution in [2.45, 2.75) is 70.6 Å². The molecule has 1 heterocycles. The Labute approximate surface area is 273 Å². The smallest absolute Gasteiger partial charge is 0.158 e. The molecule has 3 aliphatic rings. The summed E-state index contributed by atoms with van der Waals surface area (Å²) in [6.45, 7) is 7.38. The molecule has 244 valence electrons. The molecular weight excluding hydrogens is 578 g/mol. The van der Waals surface area contributed by atoms with E-state index in [2.05, 4.69) is 26.8 Å². The molecule has 3 fully saturated rings. The zero-order valence-corrected chi connectivity index (χ0v) is 27.6. The molecule has 2 saturated carbocycles. The fourth-order valence-corrected chi connectivity index (χ4v) is 8.66. The molecule has 0 spiro atoms. The predicted molar refractivity (Wildman–Crippen MR) is 175 cm³/mol. The lowest BCUT2D eigenvalue weighted by molar-refractivity contribution is -0.175. The number of nitriles is 1. The first-order valence-electron chi connectivity index (χ1n) is 16.5. The molecule has 3 aromatic rings. The molecule has 1 saturated heterocycles. The van der Waals surface area contributed by atoms with Gasteiger partial charge in [-0.1, -0.05) is 75.4 Å². The fraction of sp³-hybridized carbons (Fsp3) is 0.513. The van der Waals surface area contributed by atoms with Crippen LogP contribution >= 0.6 is 0 Å². The zero-order chi connectivity index (χ0) is 32.5. The lowest BCUT2D eigenvalue weighted by atomic mass is 9.70. The normalized spacial score (nSPS) is 27.5. The fourth-order valence-electron chi connectivity index (χ4n) is 8.66. The molecule has 0 aromatic heterocycles. The molecule has 7 atom stereocenters. The van der Waals surface area contributed by atoms with Crippen LogP contribution in [0.25, 0.3) is 0 Å². The minimum absolute atomic E-state index is 0.0969. The molecule has 7 heteroatoms. The van der Waals surface area contributed by atoms with E-state index in [-0.39, 0.29) is 42.9 Å². The first-order valence-corrected chi connectivity index (χ1v) is 16.5. The SMILES string of the molecule is COc1ccc(C(OC[C@H](C#N)C[C@H](O)CO[C@H]2C[C@@H]3[C@H]4CC[C@@](C)([C@@H]3O2)C4(C)C)(c2ccccc2)c2ccc(OC)cc2)cc1. The van der Waals surface area contributed by atoms with E-state index < -0.39 is 17.6 Å². The second-order valence-corrected chi connectivity index (χ2v) is 14.0. The number of fused-ring (bicyclic) bond motifs is 5. The third kappa shape index (κ3) is 5.60. The van der Waals surface area contributed by atoms with Crippen LogP contribution in [0.2, 0.25) is 0 Å². The largest absolute Gasteiger partial charge is 0.497 e. The number of hydrogen-bond acceptors (Lipinski definition) is 7. The summed E-state index contributed by atoms with van der Waals surface area (Å²) in [4.78, 5) is 0. The lowest BCUT2D eigenvalue weighted by Gasteiger charge is -2.38. The van der Waals surface area contributed by atoms with E-state index in [1.807, 2.05) is 78.9 Å². The maximum atomic E-state index is 11.0. The number of benzene rings is 3. The average molecular weight is 626 g/mol. The molecule has 2 aliphatic carbocycles. The van der Waals surface area contributed by atoms with Gasteiger partial charge in [0.1, 0.15) is 17.1 Å². The standard InChI is InChI=1S/C39H47NO6/c1-37(2)34-19-20-38(37,3)36-33(34)22-35(46-36)44-25-30(41)21-26(23-40)24-45-39(27-9-7-6-8-10-27,28-11-15-31(42-4)16-12-28)29-13-17-32(43-5)18-14-29/h6-18,26,30,33-36,41H,19-22,24-25H2,1-5H3/t26-,30-,33+,34+,35+,36+,38-/m0/s1. The van der Waals surface area contributed by atoms with Crippen molar-refractivity contribution in [1.82, 2.24) is 0 Å². The Hall–Kier alpha value is -3.41. The van der Waals surface area contributed by atoms with Gasteiger partial charge in [-0.05, 0) is 82.9 Å². The van der Waals surface area contributed by atoms with E-state index in [0.717, 1.165) is 34.6 Å². The van der Waals surface area contributed by atoms with Crippen LogP contribution in [0.1, 0.15) is 63.1 Å². The van der Waals surface area contributed by atoms with Crippen molar-refractivity contribution in [1.29, 1.82) is 5.26 Å². The second kappa shape index (κ2) is 13.0. The molecular formula is C39H47NO6. The van der Waals surface area contributed by atoms with E-state index in [1.165, 1.54) is 12.8 Å². The minimum Gasteiger partial charge on any atom is -0.497 e. The molecule has 46 heavy (non-hydrogen) atoms. The van der Waals surface area contributed by atoms with E-state index in [1.54, 1.807) is 14.2 Å². The number of rotatable bonds is 13. The summed E-state index contributed by atoms with van der Waals surface area (Å²) >= 11 is 0. The average Bonchev–Trinajstić information content (AvgIpc) is 3.67. The van der Waals surface area contributed by atoms with Crippen molar-refractivity contribution in [3.05, 3.63) is 95.6 Å². The van der Waals surface area contributed by atoms with Gasteiger partial charge in [0, 0.05) is 6.42 Å². The third-order valence-electron chi connectivity index (χ3n) is 11.6. The number of ether oxygens (including phenoxy) is 5. The molecule has 0 radical (unpaired) electrons. The molecule has 6 rings (SSSR count). The summed E-state index contributed by atoms with van der Waals surface area (Å²) in [5.74, 6) is 2.07. The van der Waals surface area contributed by atoms with Gasteiger partial charge in [0.15, 0.2) is 6.29 Å². The first-order chi connectivity index (χ1) is 22.2. The minimum atomic E-state index is -1.03. The predicted octanol–water partition coefficient (Wildman–Crippen LogP) is 7.11. The van der Waals surface area contributed by atoms with Crippen molar-refractivity contribution >= 4 is 0 Å². The van der Waals surface area contributed by atoms with Crippen LogP contribution in [0.15, 0.2) is 78.9 Å². The van der Waals surface area contributed by atoms with Crippen molar-refractivity contribution in [2.24, 2.45) is 28.6 Å². The van der Waals surface area contributed by atoms with Crippen molar-refractivity contribution in [3.63, 3.8) is 0 Å². The monoisotopic (exact) mass is 625 g/mol. The van der Waals surface area contributed by atoms with Crippen molar-refractivity contribution in [2.75, 3.05) is 27.4 Å². The summed E-state index contributed by atoms with van der Waals surface area (Å²) in [5.41, 5.74) is 2.11. The van der Waals surface area contributed by atoms with E-state index >= 15 is 0 Å². The van der Waals surface area contributed by atoms with Gasteiger partial charge in [0.2, 0.25) is 0 Å². The van der Waals surface area contributed by atoms with E-state index in [4.69, 9.17) is 23.7 Å². The summed E-state index contributed by atoms with van der Waals surface area (Å²) in [6.07, 6.45) is 2.62. The highest BCUT2D eigenvalue weighted by atomic mass is 16.7. The summed E-state index contributed by atoms with van der Waals surface area (Å²) in [6, 6.07) is 28.0. The molecule has 0 amide bonds. The quantitative estimate of drug-likeness (QED) is 0.203. The Kier molecular flexibility index (Phi) is 9.20. The number of aliphatic hydroxyl groups excluding tert-OH is 1. The maximum absolute atomic E-state index is 11.0. The van der Waals surface area contributed by atoms with Crippen molar-refractivity contribution in [3.8, 4) is 17.6 Å². The third-order valence-corrected chi connectivity index (χ3v) is 11.6. The zero-order valence-electron chi connectivity index (χ0n) is 27.6. The summed E-state index contributed by atoms with van der Waals surface area (Å²) < 4.78 is 30.4. The molecule has 1 N–H and O–H groups in total. The van der Waals surface area contributed by atoms with Gasteiger partial charge in [0.25, 0.3) is 0 Å². The van der Waals surface area contributed by atoms with Gasteiger partial charge in [-0.3, -0.25) is 0 Å². The van der Waals surface area contributed by atoms with Crippen LogP contribution in [0.3, 0.4) is 0 Å². The van der Waals surface area contributed by atoms with Crippen LogP contribution in [-0.4, -0.2) is 51.0 Å². The molecule has 0 unspecified atom stereocenters. The number of methoxy groups -OCH3 is 2. The highest BCUT2D eigenvalue weighted by Gasteiger charge is 2.69. The lowest BCUT2D eigenvalue weighted by Crippen LogP contribution is -2.38. The Bertz CT molecular complexity index is 1450. The Morgan fingerprint density at radius 2 is 1.48 bits per heavy atom. The van der Waals surface area contributed by atoms with E-state index in [0.29, 0.717) is 11.8 Å². The topological polar surface area (TPSA) is 90.2 Å². The van der Waals surface area contributed by atoms with Gasteiger partial charge in [-0.15, -0.1) is 0 Å². The van der Waals surface area contributed by atoms with Crippen LogP contribution in [-0.2, 0) is 19.8 Å². The van der Waals surface area contributed by atoms with Crippen LogP contribution in [0, 0.1) is 39.9 Å². The number of aliphatic hydroxyl groups is 1. The van der Waals surface area contributed by atoms with Crippen LogP contribution < -0.4 is 9.47 Å².